The van der Waals surface area contributed by atoms with E-state index >= 15 is 0 Å². The summed E-state index contributed by atoms with van der Waals surface area (Å²) in [5.41, 5.74) is 3.16. The Bertz CT molecular complexity index is 610. The van der Waals surface area contributed by atoms with Crippen LogP contribution in [-0.4, -0.2) is 28.9 Å². The summed E-state index contributed by atoms with van der Waals surface area (Å²) in [6.07, 6.45) is 4.38. The first-order valence-corrected chi connectivity index (χ1v) is 9.43. The molecule has 0 aliphatic carbocycles. The van der Waals surface area contributed by atoms with Gasteiger partial charge in [0, 0.05) is 36.0 Å². The van der Waals surface area contributed by atoms with Crippen molar-refractivity contribution in [3.05, 3.63) is 65.5 Å². The van der Waals surface area contributed by atoms with E-state index in [2.05, 4.69) is 22.4 Å². The Morgan fingerprint density at radius 2 is 1.95 bits per heavy atom. The normalized spacial score (nSPS) is 14.9. The number of aromatic nitrogens is 1. The Balaban J connectivity index is 1.51. The van der Waals surface area contributed by atoms with Gasteiger partial charge >= 0.3 is 0 Å². The summed E-state index contributed by atoms with van der Waals surface area (Å²) in [5, 5.41) is 2.96. The molecule has 1 fully saturated rings. The summed E-state index contributed by atoms with van der Waals surface area (Å²) in [6, 6.07) is 11.9. The molecule has 0 atom stereocenters. The van der Waals surface area contributed by atoms with Gasteiger partial charge in [0.05, 0.1) is 4.58 Å². The van der Waals surface area contributed by atoms with Crippen molar-refractivity contribution in [1.82, 2.24) is 10.3 Å². The molecule has 2 heterocycles. The number of hydrogen-bond acceptors (Lipinski definition) is 4. The Kier molecular flexibility index (Phi) is 5.40. The summed E-state index contributed by atoms with van der Waals surface area (Å²) in [5.74, 6) is 2.42. The van der Waals surface area contributed by atoms with Crippen molar-refractivity contribution in [2.45, 2.75) is 11.0 Å². The molecule has 0 unspecified atom stereocenters. The van der Waals surface area contributed by atoms with Crippen LogP contribution in [0.4, 0.5) is 0 Å². The molecule has 114 valence electrons. The molecule has 0 saturated carbocycles. The lowest BCUT2D eigenvalue weighted by Crippen LogP contribution is -2.25. The van der Waals surface area contributed by atoms with Crippen molar-refractivity contribution in [2.75, 3.05) is 18.1 Å². The monoisotopic (exact) mass is 330 g/mol. The molecule has 0 spiro atoms. The Labute approximate surface area is 139 Å². The summed E-state index contributed by atoms with van der Waals surface area (Å²) >= 11 is 3.96. The molecule has 0 bridgehead atoms. The maximum absolute atomic E-state index is 12.1. The van der Waals surface area contributed by atoms with Crippen LogP contribution in [0.5, 0.6) is 0 Å². The van der Waals surface area contributed by atoms with Crippen molar-refractivity contribution in [2.24, 2.45) is 0 Å². The van der Waals surface area contributed by atoms with Gasteiger partial charge in [-0.3, -0.25) is 9.78 Å². The zero-order valence-electron chi connectivity index (χ0n) is 12.2. The molecule has 1 aromatic carbocycles. The van der Waals surface area contributed by atoms with Crippen LogP contribution in [0.25, 0.3) is 0 Å². The Morgan fingerprint density at radius 1 is 1.18 bits per heavy atom. The molecule has 5 heteroatoms. The van der Waals surface area contributed by atoms with Crippen molar-refractivity contribution in [1.29, 1.82) is 0 Å². The van der Waals surface area contributed by atoms with Gasteiger partial charge in [-0.15, -0.1) is 23.5 Å². The molecule has 1 aliphatic rings. The SMILES string of the molecule is O=C(NCCc1cccnc1)c1ccc(C2SCCS2)cc1. The van der Waals surface area contributed by atoms with Crippen LogP contribution in [-0.2, 0) is 6.42 Å². The van der Waals surface area contributed by atoms with E-state index in [0.717, 1.165) is 17.5 Å². The quantitative estimate of drug-likeness (QED) is 0.910. The molecule has 0 radical (unpaired) electrons. The Morgan fingerprint density at radius 3 is 2.64 bits per heavy atom. The first-order chi connectivity index (χ1) is 10.8. The largest absolute Gasteiger partial charge is 0.352 e. The van der Waals surface area contributed by atoms with E-state index in [9.17, 15) is 4.79 Å². The fourth-order valence-corrected chi connectivity index (χ4v) is 5.17. The topological polar surface area (TPSA) is 42.0 Å². The molecule has 2 aromatic rings. The van der Waals surface area contributed by atoms with E-state index in [0.29, 0.717) is 11.1 Å². The fourth-order valence-electron chi connectivity index (χ4n) is 2.31. The summed E-state index contributed by atoms with van der Waals surface area (Å²) in [6.45, 7) is 0.626. The highest BCUT2D eigenvalue weighted by Gasteiger charge is 2.18. The summed E-state index contributed by atoms with van der Waals surface area (Å²) in [7, 11) is 0. The average Bonchev–Trinajstić information content (AvgIpc) is 3.10. The fraction of sp³-hybridized carbons (Fsp3) is 0.294. The number of rotatable bonds is 5. The molecule has 3 nitrogen and oxygen atoms in total. The van der Waals surface area contributed by atoms with Gasteiger partial charge in [0.2, 0.25) is 0 Å². The van der Waals surface area contributed by atoms with Gasteiger partial charge in [0.25, 0.3) is 5.91 Å². The second-order valence-electron chi connectivity index (χ2n) is 5.06. The van der Waals surface area contributed by atoms with Gasteiger partial charge in [-0.2, -0.15) is 0 Å². The van der Waals surface area contributed by atoms with Crippen LogP contribution in [0.3, 0.4) is 0 Å². The summed E-state index contributed by atoms with van der Waals surface area (Å²) < 4.78 is 0.530. The molecule has 1 amide bonds. The zero-order chi connectivity index (χ0) is 15.2. The molecular formula is C17H18N2OS2. The van der Waals surface area contributed by atoms with E-state index in [-0.39, 0.29) is 5.91 Å². The first kappa shape index (κ1) is 15.4. The predicted octanol–water partition coefficient (Wildman–Crippen LogP) is 3.53. The molecule has 1 saturated heterocycles. The van der Waals surface area contributed by atoms with Gasteiger partial charge in [-0.1, -0.05) is 18.2 Å². The van der Waals surface area contributed by atoms with E-state index in [1.165, 1.54) is 17.1 Å². The van der Waals surface area contributed by atoms with Crippen LogP contribution in [0.2, 0.25) is 0 Å². The lowest BCUT2D eigenvalue weighted by Gasteiger charge is -2.09. The minimum atomic E-state index is -0.0119. The number of carbonyl (C=O) groups is 1. The van der Waals surface area contributed by atoms with Gasteiger partial charge < -0.3 is 5.32 Å². The third kappa shape index (κ3) is 4.05. The molecule has 3 rings (SSSR count). The van der Waals surface area contributed by atoms with Crippen LogP contribution in [0.15, 0.2) is 48.8 Å². The van der Waals surface area contributed by atoms with Crippen LogP contribution in [0.1, 0.15) is 26.1 Å². The number of thioether (sulfide) groups is 2. The maximum Gasteiger partial charge on any atom is 0.251 e. The molecule has 1 aromatic heterocycles. The van der Waals surface area contributed by atoms with Crippen LogP contribution < -0.4 is 5.32 Å². The van der Waals surface area contributed by atoms with Crippen molar-refractivity contribution in [3.8, 4) is 0 Å². The number of pyridine rings is 1. The van der Waals surface area contributed by atoms with Crippen LogP contribution in [0, 0.1) is 0 Å². The maximum atomic E-state index is 12.1. The lowest BCUT2D eigenvalue weighted by molar-refractivity contribution is 0.0954. The highest BCUT2D eigenvalue weighted by Crippen LogP contribution is 2.45. The first-order valence-electron chi connectivity index (χ1n) is 7.33. The zero-order valence-corrected chi connectivity index (χ0v) is 13.8. The van der Waals surface area contributed by atoms with Crippen molar-refractivity contribution < 1.29 is 4.79 Å². The van der Waals surface area contributed by atoms with E-state index in [1.54, 1.807) is 6.20 Å². The minimum Gasteiger partial charge on any atom is -0.352 e. The van der Waals surface area contributed by atoms with Crippen molar-refractivity contribution >= 4 is 29.4 Å². The third-order valence-electron chi connectivity index (χ3n) is 3.49. The number of hydrogen-bond donors (Lipinski definition) is 1. The van der Waals surface area contributed by atoms with Gasteiger partial charge in [0.1, 0.15) is 0 Å². The highest BCUT2D eigenvalue weighted by atomic mass is 32.2. The van der Waals surface area contributed by atoms with Gasteiger partial charge in [0.15, 0.2) is 0 Å². The number of benzene rings is 1. The summed E-state index contributed by atoms with van der Waals surface area (Å²) in [4.78, 5) is 16.2. The smallest absolute Gasteiger partial charge is 0.251 e. The molecule has 1 aliphatic heterocycles. The Hall–Kier alpha value is -1.46. The second-order valence-corrected chi connectivity index (χ2v) is 7.79. The minimum absolute atomic E-state index is 0.0119. The number of carbonyl (C=O) groups excluding carboxylic acids is 1. The number of amides is 1. The van der Waals surface area contributed by atoms with Crippen molar-refractivity contribution in [3.63, 3.8) is 0 Å². The lowest BCUT2D eigenvalue weighted by atomic mass is 10.1. The average molecular weight is 330 g/mol. The standard InChI is InChI=1S/C17H18N2OS2/c20-16(19-9-7-13-2-1-8-18-12-13)14-3-5-15(6-4-14)17-21-10-11-22-17/h1-6,8,12,17H,7,9-11H2,(H,19,20). The van der Waals surface area contributed by atoms with E-state index in [4.69, 9.17) is 0 Å². The molecular weight excluding hydrogens is 312 g/mol. The number of nitrogens with zero attached hydrogens (tertiary/aromatic N) is 1. The van der Waals surface area contributed by atoms with E-state index in [1.807, 2.05) is 54.0 Å². The highest BCUT2D eigenvalue weighted by molar-refractivity contribution is 8.19. The third-order valence-corrected chi connectivity index (χ3v) is 6.59. The van der Waals surface area contributed by atoms with Gasteiger partial charge in [-0.25, -0.2) is 0 Å². The predicted molar refractivity (Wildman–Crippen MR) is 94.4 cm³/mol. The second kappa shape index (κ2) is 7.70. The van der Waals surface area contributed by atoms with Crippen LogP contribution >= 0.6 is 23.5 Å². The molecule has 1 N–H and O–H groups in total. The number of nitrogens with one attached hydrogen (secondary N) is 1. The van der Waals surface area contributed by atoms with E-state index < -0.39 is 0 Å². The molecule has 22 heavy (non-hydrogen) atoms. The van der Waals surface area contributed by atoms with Gasteiger partial charge in [-0.05, 0) is 35.7 Å².